The molecule has 1 aromatic rings. The molecule has 0 heterocycles. The molecule has 1 saturated carbocycles. The van der Waals surface area contributed by atoms with Crippen LogP contribution in [-0.2, 0) is 14.8 Å². The van der Waals surface area contributed by atoms with Gasteiger partial charge in [-0.25, -0.2) is 13.1 Å². The van der Waals surface area contributed by atoms with Crippen LogP contribution in [0.1, 0.15) is 31.2 Å². The number of rotatable bonds is 4. The maximum absolute atomic E-state index is 12.4. The van der Waals surface area contributed by atoms with E-state index in [1.54, 1.807) is 19.1 Å². The molecule has 0 unspecified atom stereocenters. The zero-order valence-corrected chi connectivity index (χ0v) is 13.2. The monoisotopic (exact) mass is 331 g/mol. The van der Waals surface area contributed by atoms with Gasteiger partial charge in [0.2, 0.25) is 10.0 Å². The lowest BCUT2D eigenvalue weighted by atomic mass is 9.87. The lowest BCUT2D eigenvalue weighted by Gasteiger charge is -2.26. The molecule has 1 aliphatic carbocycles. The number of carboxylic acids is 1. The first kappa shape index (κ1) is 16.3. The van der Waals surface area contributed by atoms with Gasteiger partial charge in [0.05, 0.1) is 10.8 Å². The Morgan fingerprint density at radius 1 is 1.29 bits per heavy atom. The van der Waals surface area contributed by atoms with Gasteiger partial charge in [-0.05, 0) is 50.3 Å². The van der Waals surface area contributed by atoms with Crippen LogP contribution < -0.4 is 4.72 Å². The zero-order valence-electron chi connectivity index (χ0n) is 11.7. The van der Waals surface area contributed by atoms with Crippen LogP contribution in [-0.4, -0.2) is 25.5 Å². The summed E-state index contributed by atoms with van der Waals surface area (Å²) in [6.45, 7) is 1.71. The van der Waals surface area contributed by atoms with Gasteiger partial charge in [-0.1, -0.05) is 17.7 Å². The lowest BCUT2D eigenvalue weighted by Crippen LogP contribution is -2.38. The Morgan fingerprint density at radius 2 is 1.90 bits per heavy atom. The Balaban J connectivity index is 2.09. The number of halogens is 1. The summed E-state index contributed by atoms with van der Waals surface area (Å²) in [5.74, 6) is -1.17. The van der Waals surface area contributed by atoms with Crippen molar-refractivity contribution in [2.24, 2.45) is 5.92 Å². The standard InChI is InChI=1S/C14H18ClNO4S/c1-9-2-5-11(15)8-13(9)21(19,20)16-12-6-3-10(4-7-12)14(17)18/h2,5,8,10,12,16H,3-4,6-7H2,1H3,(H,17,18). The van der Waals surface area contributed by atoms with Crippen molar-refractivity contribution in [1.29, 1.82) is 0 Å². The van der Waals surface area contributed by atoms with E-state index < -0.39 is 16.0 Å². The van der Waals surface area contributed by atoms with Gasteiger partial charge < -0.3 is 5.11 Å². The van der Waals surface area contributed by atoms with E-state index in [0.717, 1.165) is 0 Å². The fourth-order valence-electron chi connectivity index (χ4n) is 2.60. The van der Waals surface area contributed by atoms with Gasteiger partial charge in [-0.3, -0.25) is 4.79 Å². The largest absolute Gasteiger partial charge is 0.481 e. The van der Waals surface area contributed by atoms with Crippen LogP contribution in [0.25, 0.3) is 0 Å². The third kappa shape index (κ3) is 3.96. The van der Waals surface area contributed by atoms with E-state index >= 15 is 0 Å². The summed E-state index contributed by atoms with van der Waals surface area (Å²) in [4.78, 5) is 11.1. The molecule has 1 aromatic carbocycles. The lowest BCUT2D eigenvalue weighted by molar-refractivity contribution is -0.142. The van der Waals surface area contributed by atoms with E-state index in [9.17, 15) is 13.2 Å². The Bertz CT molecular complexity index is 636. The van der Waals surface area contributed by atoms with Gasteiger partial charge in [0.25, 0.3) is 0 Å². The number of carboxylic acid groups (broad SMARTS) is 1. The Kier molecular flexibility index (Phi) is 4.91. The molecular formula is C14H18ClNO4S. The molecule has 7 heteroatoms. The smallest absolute Gasteiger partial charge is 0.306 e. The average Bonchev–Trinajstić information content (AvgIpc) is 2.41. The minimum absolute atomic E-state index is 0.176. The molecule has 0 radical (unpaired) electrons. The van der Waals surface area contributed by atoms with Crippen LogP contribution in [0.3, 0.4) is 0 Å². The molecule has 1 aliphatic rings. The van der Waals surface area contributed by atoms with Crippen molar-refractivity contribution < 1.29 is 18.3 Å². The number of hydrogen-bond donors (Lipinski definition) is 2. The third-order valence-electron chi connectivity index (χ3n) is 3.84. The first-order valence-corrected chi connectivity index (χ1v) is 8.67. The number of aryl methyl sites for hydroxylation is 1. The molecule has 116 valence electrons. The van der Waals surface area contributed by atoms with Crippen molar-refractivity contribution in [1.82, 2.24) is 4.72 Å². The topological polar surface area (TPSA) is 83.5 Å². The molecule has 0 bridgehead atoms. The van der Waals surface area contributed by atoms with E-state index in [4.69, 9.17) is 16.7 Å². The molecule has 0 aromatic heterocycles. The van der Waals surface area contributed by atoms with E-state index in [2.05, 4.69) is 4.72 Å². The second kappa shape index (κ2) is 6.34. The fraction of sp³-hybridized carbons (Fsp3) is 0.500. The summed E-state index contributed by atoms with van der Waals surface area (Å²) in [6.07, 6.45) is 2.07. The Labute approximate surface area is 129 Å². The molecule has 0 amide bonds. The van der Waals surface area contributed by atoms with Gasteiger partial charge in [-0.2, -0.15) is 0 Å². The van der Waals surface area contributed by atoms with E-state index in [-0.39, 0.29) is 16.9 Å². The van der Waals surface area contributed by atoms with Gasteiger partial charge >= 0.3 is 5.97 Å². The van der Waals surface area contributed by atoms with Crippen molar-refractivity contribution in [3.05, 3.63) is 28.8 Å². The maximum atomic E-state index is 12.4. The van der Waals surface area contributed by atoms with Gasteiger partial charge in [-0.15, -0.1) is 0 Å². The molecule has 0 atom stereocenters. The predicted octanol–water partition coefficient (Wildman–Crippen LogP) is 2.57. The van der Waals surface area contributed by atoms with E-state index in [0.29, 0.717) is 36.3 Å². The van der Waals surface area contributed by atoms with Crippen LogP contribution in [0.5, 0.6) is 0 Å². The third-order valence-corrected chi connectivity index (χ3v) is 5.74. The molecule has 1 fully saturated rings. The second-order valence-corrected chi connectivity index (χ2v) is 7.54. The fourth-order valence-corrected chi connectivity index (χ4v) is 4.42. The highest BCUT2D eigenvalue weighted by Crippen LogP contribution is 2.26. The number of hydrogen-bond acceptors (Lipinski definition) is 3. The first-order valence-electron chi connectivity index (χ1n) is 6.81. The van der Waals surface area contributed by atoms with Gasteiger partial charge in [0.15, 0.2) is 0 Å². The van der Waals surface area contributed by atoms with Crippen molar-refractivity contribution >= 4 is 27.6 Å². The molecule has 0 saturated heterocycles. The maximum Gasteiger partial charge on any atom is 0.306 e. The quantitative estimate of drug-likeness (QED) is 0.888. The Hall–Kier alpha value is -1.11. The van der Waals surface area contributed by atoms with E-state index in [1.165, 1.54) is 6.07 Å². The Morgan fingerprint density at radius 3 is 2.48 bits per heavy atom. The van der Waals surface area contributed by atoms with Crippen molar-refractivity contribution in [3.63, 3.8) is 0 Å². The molecule has 2 rings (SSSR count). The number of carbonyl (C=O) groups is 1. The van der Waals surface area contributed by atoms with Crippen molar-refractivity contribution in [3.8, 4) is 0 Å². The molecular weight excluding hydrogens is 314 g/mol. The van der Waals surface area contributed by atoms with Crippen molar-refractivity contribution in [2.75, 3.05) is 0 Å². The zero-order chi connectivity index (χ0) is 15.6. The number of benzene rings is 1. The normalized spacial score (nSPS) is 23.0. The second-order valence-electron chi connectivity index (χ2n) is 5.42. The SMILES string of the molecule is Cc1ccc(Cl)cc1S(=O)(=O)NC1CCC(C(=O)O)CC1. The van der Waals surface area contributed by atoms with E-state index in [1.807, 2.05) is 0 Å². The molecule has 0 spiro atoms. The van der Waals surface area contributed by atoms with Crippen LogP contribution >= 0.6 is 11.6 Å². The highest BCUT2D eigenvalue weighted by Gasteiger charge is 2.29. The summed E-state index contributed by atoms with van der Waals surface area (Å²) in [5.41, 5.74) is 0.631. The van der Waals surface area contributed by atoms with Crippen LogP contribution in [0, 0.1) is 12.8 Å². The van der Waals surface area contributed by atoms with Gasteiger partial charge in [0.1, 0.15) is 0 Å². The summed E-state index contributed by atoms with van der Waals surface area (Å²) in [5, 5.41) is 9.32. The average molecular weight is 332 g/mol. The minimum atomic E-state index is -3.63. The summed E-state index contributed by atoms with van der Waals surface area (Å²) < 4.78 is 27.5. The highest BCUT2D eigenvalue weighted by molar-refractivity contribution is 7.89. The molecule has 2 N–H and O–H groups in total. The molecule has 5 nitrogen and oxygen atoms in total. The number of nitrogens with one attached hydrogen (secondary N) is 1. The van der Waals surface area contributed by atoms with Crippen LogP contribution in [0.2, 0.25) is 5.02 Å². The first-order chi connectivity index (χ1) is 9.79. The summed E-state index contributed by atoms with van der Waals surface area (Å²) >= 11 is 5.86. The predicted molar refractivity (Wildman–Crippen MR) is 79.9 cm³/mol. The summed E-state index contributed by atoms with van der Waals surface area (Å²) in [6, 6.07) is 4.53. The minimum Gasteiger partial charge on any atom is -0.481 e. The molecule has 21 heavy (non-hydrogen) atoms. The molecule has 0 aliphatic heterocycles. The highest BCUT2D eigenvalue weighted by atomic mass is 35.5. The van der Waals surface area contributed by atoms with Crippen LogP contribution in [0.4, 0.5) is 0 Å². The van der Waals surface area contributed by atoms with Crippen molar-refractivity contribution in [2.45, 2.75) is 43.5 Å². The summed E-state index contributed by atoms with van der Waals surface area (Å²) in [7, 11) is -3.63. The number of aliphatic carboxylic acids is 1. The van der Waals surface area contributed by atoms with Crippen LogP contribution in [0.15, 0.2) is 23.1 Å². The van der Waals surface area contributed by atoms with Gasteiger partial charge in [0, 0.05) is 11.1 Å². The number of sulfonamides is 1.